The largest absolute Gasteiger partial charge is 0.482 e. The Balaban J connectivity index is 1.93. The van der Waals surface area contributed by atoms with Crippen LogP contribution in [0.5, 0.6) is 11.5 Å². The van der Waals surface area contributed by atoms with Gasteiger partial charge >= 0.3 is 5.97 Å². The van der Waals surface area contributed by atoms with Gasteiger partial charge in [-0.05, 0) is 62.2 Å². The van der Waals surface area contributed by atoms with Crippen LogP contribution in [0, 0.1) is 13.8 Å². The van der Waals surface area contributed by atoms with E-state index < -0.39 is 5.97 Å². The summed E-state index contributed by atoms with van der Waals surface area (Å²) < 4.78 is 10.7. The first-order valence-corrected chi connectivity index (χ1v) is 6.98. The van der Waals surface area contributed by atoms with Gasteiger partial charge in [0.15, 0.2) is 12.4 Å². The standard InChI is InChI=1S/C18H18O4/c1-12-5-4-6-17(13(12)2)21-11-18(20)22-16-9-7-15(8-10-16)14(3)19/h4-10H,11H2,1-3H3. The summed E-state index contributed by atoms with van der Waals surface area (Å²) in [5, 5.41) is 0. The van der Waals surface area contributed by atoms with Crippen LogP contribution < -0.4 is 9.47 Å². The number of aryl methyl sites for hydroxylation is 1. The van der Waals surface area contributed by atoms with Crippen molar-refractivity contribution >= 4 is 11.8 Å². The van der Waals surface area contributed by atoms with Crippen LogP contribution >= 0.6 is 0 Å². The average molecular weight is 298 g/mol. The SMILES string of the molecule is CC(=O)c1ccc(OC(=O)COc2cccc(C)c2C)cc1. The number of rotatable bonds is 5. The normalized spacial score (nSPS) is 10.1. The topological polar surface area (TPSA) is 52.6 Å². The minimum Gasteiger partial charge on any atom is -0.482 e. The molecule has 0 saturated heterocycles. The molecule has 0 unspecified atom stereocenters. The van der Waals surface area contributed by atoms with Crippen LogP contribution in [0.25, 0.3) is 0 Å². The monoisotopic (exact) mass is 298 g/mol. The molecule has 0 fully saturated rings. The minimum absolute atomic E-state index is 0.0314. The van der Waals surface area contributed by atoms with Crippen LogP contribution in [0.4, 0.5) is 0 Å². The lowest BCUT2D eigenvalue weighted by Crippen LogP contribution is -2.18. The average Bonchev–Trinajstić information content (AvgIpc) is 2.49. The molecule has 0 radical (unpaired) electrons. The number of hydrogen-bond donors (Lipinski definition) is 0. The molecule has 0 aliphatic heterocycles. The van der Waals surface area contributed by atoms with Gasteiger partial charge in [0.1, 0.15) is 11.5 Å². The van der Waals surface area contributed by atoms with Gasteiger partial charge in [0.2, 0.25) is 0 Å². The second-order valence-electron chi connectivity index (χ2n) is 5.04. The zero-order valence-corrected chi connectivity index (χ0v) is 12.9. The molecular formula is C18H18O4. The van der Waals surface area contributed by atoms with Crippen molar-refractivity contribution in [3.05, 3.63) is 59.2 Å². The number of Topliss-reactive ketones (excluding diaryl/α,β-unsaturated/α-hetero) is 1. The number of carbonyl (C=O) groups excluding carboxylic acids is 2. The highest BCUT2D eigenvalue weighted by Gasteiger charge is 2.09. The highest BCUT2D eigenvalue weighted by atomic mass is 16.6. The van der Waals surface area contributed by atoms with Crippen LogP contribution in [-0.2, 0) is 4.79 Å². The van der Waals surface area contributed by atoms with E-state index in [0.717, 1.165) is 11.1 Å². The van der Waals surface area contributed by atoms with Crippen molar-refractivity contribution in [3.8, 4) is 11.5 Å². The molecule has 0 aliphatic rings. The summed E-state index contributed by atoms with van der Waals surface area (Å²) in [5.74, 6) is 0.538. The minimum atomic E-state index is -0.489. The van der Waals surface area contributed by atoms with Gasteiger partial charge in [-0.15, -0.1) is 0 Å². The quantitative estimate of drug-likeness (QED) is 0.481. The first-order valence-electron chi connectivity index (χ1n) is 6.98. The molecule has 0 aliphatic carbocycles. The Hall–Kier alpha value is -2.62. The summed E-state index contributed by atoms with van der Waals surface area (Å²) in [4.78, 5) is 23.0. The van der Waals surface area contributed by atoms with E-state index in [2.05, 4.69) is 0 Å². The van der Waals surface area contributed by atoms with Gasteiger partial charge in [-0.2, -0.15) is 0 Å². The molecule has 2 aromatic rings. The molecule has 0 aromatic heterocycles. The Kier molecular flexibility index (Phi) is 4.94. The summed E-state index contributed by atoms with van der Waals surface area (Å²) in [6, 6.07) is 12.1. The zero-order valence-electron chi connectivity index (χ0n) is 12.9. The van der Waals surface area contributed by atoms with Gasteiger partial charge in [-0.3, -0.25) is 4.79 Å². The van der Waals surface area contributed by atoms with Crippen molar-refractivity contribution in [1.29, 1.82) is 0 Å². The highest BCUT2D eigenvalue weighted by molar-refractivity contribution is 5.94. The number of hydrogen-bond acceptors (Lipinski definition) is 4. The molecule has 0 amide bonds. The summed E-state index contributed by atoms with van der Waals surface area (Å²) in [6.07, 6.45) is 0. The van der Waals surface area contributed by atoms with Gasteiger partial charge in [0.25, 0.3) is 0 Å². The molecule has 2 rings (SSSR count). The van der Waals surface area contributed by atoms with Gasteiger partial charge < -0.3 is 9.47 Å². The number of benzene rings is 2. The number of ether oxygens (including phenoxy) is 2. The van der Waals surface area contributed by atoms with Crippen LogP contribution in [0.3, 0.4) is 0 Å². The first kappa shape index (κ1) is 15.8. The van der Waals surface area contributed by atoms with Crippen molar-refractivity contribution < 1.29 is 19.1 Å². The molecule has 4 nitrogen and oxygen atoms in total. The van der Waals surface area contributed by atoms with E-state index in [0.29, 0.717) is 17.1 Å². The van der Waals surface area contributed by atoms with Crippen LogP contribution in [-0.4, -0.2) is 18.4 Å². The third kappa shape index (κ3) is 3.95. The molecule has 0 atom stereocenters. The third-order valence-corrected chi connectivity index (χ3v) is 3.39. The van der Waals surface area contributed by atoms with Gasteiger partial charge in [-0.25, -0.2) is 4.79 Å². The fourth-order valence-electron chi connectivity index (χ4n) is 1.94. The van der Waals surface area contributed by atoms with E-state index in [9.17, 15) is 9.59 Å². The van der Waals surface area contributed by atoms with E-state index in [1.54, 1.807) is 24.3 Å². The molecule has 2 aromatic carbocycles. The summed E-state index contributed by atoms with van der Waals surface area (Å²) in [6.45, 7) is 5.24. The number of carbonyl (C=O) groups is 2. The van der Waals surface area contributed by atoms with Crippen molar-refractivity contribution in [2.45, 2.75) is 20.8 Å². The van der Waals surface area contributed by atoms with E-state index in [1.165, 1.54) is 6.92 Å². The zero-order chi connectivity index (χ0) is 16.1. The molecular weight excluding hydrogens is 280 g/mol. The summed E-state index contributed by atoms with van der Waals surface area (Å²) >= 11 is 0. The molecule has 0 spiro atoms. The van der Waals surface area contributed by atoms with Gasteiger partial charge in [-0.1, -0.05) is 12.1 Å². The van der Waals surface area contributed by atoms with Gasteiger partial charge in [0.05, 0.1) is 0 Å². The maximum atomic E-state index is 11.8. The summed E-state index contributed by atoms with van der Waals surface area (Å²) in [7, 11) is 0. The van der Waals surface area contributed by atoms with Crippen molar-refractivity contribution in [2.75, 3.05) is 6.61 Å². The maximum Gasteiger partial charge on any atom is 0.349 e. The highest BCUT2D eigenvalue weighted by Crippen LogP contribution is 2.20. The number of esters is 1. The van der Waals surface area contributed by atoms with E-state index in [-0.39, 0.29) is 12.4 Å². The molecule has 0 heterocycles. The second kappa shape index (κ2) is 6.89. The molecule has 0 N–H and O–H groups in total. The van der Waals surface area contributed by atoms with Crippen LogP contribution in [0.1, 0.15) is 28.4 Å². The smallest absolute Gasteiger partial charge is 0.349 e. The lowest BCUT2D eigenvalue weighted by atomic mass is 10.1. The first-order chi connectivity index (χ1) is 10.5. The number of ketones is 1. The lowest BCUT2D eigenvalue weighted by Gasteiger charge is -2.10. The van der Waals surface area contributed by atoms with Crippen molar-refractivity contribution in [1.82, 2.24) is 0 Å². The molecule has 4 heteroatoms. The predicted molar refractivity (Wildman–Crippen MR) is 83.5 cm³/mol. The van der Waals surface area contributed by atoms with E-state index >= 15 is 0 Å². The lowest BCUT2D eigenvalue weighted by molar-refractivity contribution is -0.136. The Labute approximate surface area is 129 Å². The predicted octanol–water partition coefficient (Wildman–Crippen LogP) is 3.49. The third-order valence-electron chi connectivity index (χ3n) is 3.39. The Morgan fingerprint density at radius 2 is 1.68 bits per heavy atom. The molecule has 114 valence electrons. The Morgan fingerprint density at radius 3 is 2.32 bits per heavy atom. The maximum absolute atomic E-state index is 11.8. The van der Waals surface area contributed by atoms with Crippen molar-refractivity contribution in [3.63, 3.8) is 0 Å². The fraction of sp³-hybridized carbons (Fsp3) is 0.222. The Bertz CT molecular complexity index is 687. The molecule has 0 saturated carbocycles. The van der Waals surface area contributed by atoms with Crippen LogP contribution in [0.2, 0.25) is 0 Å². The van der Waals surface area contributed by atoms with Crippen molar-refractivity contribution in [2.24, 2.45) is 0 Å². The summed E-state index contributed by atoms with van der Waals surface area (Å²) in [5.41, 5.74) is 2.68. The van der Waals surface area contributed by atoms with E-state index in [4.69, 9.17) is 9.47 Å². The fourth-order valence-corrected chi connectivity index (χ4v) is 1.94. The van der Waals surface area contributed by atoms with E-state index in [1.807, 2.05) is 32.0 Å². The molecule has 0 bridgehead atoms. The second-order valence-corrected chi connectivity index (χ2v) is 5.04. The van der Waals surface area contributed by atoms with Gasteiger partial charge in [0, 0.05) is 5.56 Å². The molecule has 22 heavy (non-hydrogen) atoms. The van der Waals surface area contributed by atoms with Crippen LogP contribution in [0.15, 0.2) is 42.5 Å². The Morgan fingerprint density at radius 1 is 1.00 bits per heavy atom.